The maximum atomic E-state index is 14.0. The summed E-state index contributed by atoms with van der Waals surface area (Å²) < 4.78 is 37.9. The van der Waals surface area contributed by atoms with Gasteiger partial charge in [-0.15, -0.1) is 0 Å². The quantitative estimate of drug-likeness (QED) is 0.641. The zero-order valence-electron chi connectivity index (χ0n) is 15.3. The summed E-state index contributed by atoms with van der Waals surface area (Å²) in [6.07, 6.45) is 2.55. The standard InChI is InChI=1S/C20H18F2N4O2S/c21-13-3-1-4-14(22)18(13)15-5-2-6-16(25-15)19(27)26-17-10-24-29-20(17)28-11-12-7-8-23-9-12/h1-6,10,12,23H,7-9,11H2,(H,26,27). The average Bonchev–Trinajstić information content (AvgIpc) is 3.38. The number of halogens is 2. The highest BCUT2D eigenvalue weighted by Crippen LogP contribution is 2.30. The molecule has 1 aliphatic rings. The topological polar surface area (TPSA) is 76.1 Å². The summed E-state index contributed by atoms with van der Waals surface area (Å²) in [4.78, 5) is 16.8. The van der Waals surface area contributed by atoms with Crippen LogP contribution in [0.2, 0.25) is 0 Å². The fourth-order valence-electron chi connectivity index (χ4n) is 3.10. The maximum Gasteiger partial charge on any atom is 0.274 e. The molecule has 3 aromatic rings. The molecule has 4 rings (SSSR count). The Labute approximate surface area is 170 Å². The van der Waals surface area contributed by atoms with E-state index in [1.807, 2.05) is 0 Å². The molecule has 0 radical (unpaired) electrons. The minimum atomic E-state index is -0.741. The Kier molecular flexibility index (Phi) is 5.77. The molecule has 1 atom stereocenters. The van der Waals surface area contributed by atoms with Crippen molar-refractivity contribution in [1.29, 1.82) is 0 Å². The lowest BCUT2D eigenvalue weighted by Gasteiger charge is -2.11. The minimum absolute atomic E-state index is 0.0299. The van der Waals surface area contributed by atoms with Crippen LogP contribution in [0.25, 0.3) is 11.3 Å². The van der Waals surface area contributed by atoms with Crippen LogP contribution in [0.4, 0.5) is 14.5 Å². The van der Waals surface area contributed by atoms with E-state index in [1.54, 1.807) is 0 Å². The molecule has 1 unspecified atom stereocenters. The number of nitrogens with zero attached hydrogens (tertiary/aromatic N) is 2. The molecule has 2 aromatic heterocycles. The zero-order chi connectivity index (χ0) is 20.2. The highest BCUT2D eigenvalue weighted by molar-refractivity contribution is 7.08. The largest absolute Gasteiger partial charge is 0.481 e. The normalized spacial score (nSPS) is 16.0. The summed E-state index contributed by atoms with van der Waals surface area (Å²) in [6.45, 7) is 2.42. The maximum absolute atomic E-state index is 14.0. The number of aromatic nitrogens is 2. The average molecular weight is 416 g/mol. The van der Waals surface area contributed by atoms with Gasteiger partial charge >= 0.3 is 0 Å². The summed E-state index contributed by atoms with van der Waals surface area (Å²) in [5.74, 6) is -1.57. The zero-order valence-corrected chi connectivity index (χ0v) is 16.1. The first kappa shape index (κ1) is 19.4. The Balaban J connectivity index is 1.49. The molecule has 0 spiro atoms. The highest BCUT2D eigenvalue weighted by Gasteiger charge is 2.19. The van der Waals surface area contributed by atoms with Gasteiger partial charge < -0.3 is 15.4 Å². The van der Waals surface area contributed by atoms with Crippen molar-refractivity contribution in [1.82, 2.24) is 14.7 Å². The van der Waals surface area contributed by atoms with Gasteiger partial charge in [-0.25, -0.2) is 13.8 Å². The molecule has 1 aromatic carbocycles. The molecule has 2 N–H and O–H groups in total. The molecule has 1 amide bonds. The molecular formula is C20H18F2N4O2S. The number of anilines is 1. The van der Waals surface area contributed by atoms with Gasteiger partial charge in [-0.05, 0) is 37.2 Å². The predicted molar refractivity (Wildman–Crippen MR) is 106 cm³/mol. The number of carbonyl (C=O) groups is 1. The van der Waals surface area contributed by atoms with Gasteiger partial charge in [0.05, 0.1) is 24.1 Å². The van der Waals surface area contributed by atoms with Crippen molar-refractivity contribution in [3.05, 3.63) is 59.9 Å². The van der Waals surface area contributed by atoms with Crippen LogP contribution >= 0.6 is 11.5 Å². The number of carbonyl (C=O) groups excluding carboxylic acids is 1. The van der Waals surface area contributed by atoms with E-state index >= 15 is 0 Å². The van der Waals surface area contributed by atoms with E-state index in [-0.39, 0.29) is 17.0 Å². The smallest absolute Gasteiger partial charge is 0.274 e. The number of amides is 1. The monoisotopic (exact) mass is 416 g/mol. The Morgan fingerprint density at radius 3 is 2.79 bits per heavy atom. The minimum Gasteiger partial charge on any atom is -0.481 e. The molecule has 0 aliphatic carbocycles. The summed E-state index contributed by atoms with van der Waals surface area (Å²) in [7, 11) is 0. The first-order valence-electron chi connectivity index (χ1n) is 9.13. The number of ether oxygens (including phenoxy) is 1. The third-order valence-corrected chi connectivity index (χ3v) is 5.31. The Bertz CT molecular complexity index is 1000. The van der Waals surface area contributed by atoms with Gasteiger partial charge in [-0.1, -0.05) is 12.1 Å². The third-order valence-electron chi connectivity index (χ3n) is 4.60. The number of rotatable bonds is 6. The van der Waals surface area contributed by atoms with Gasteiger partial charge in [0.1, 0.15) is 23.0 Å². The molecule has 1 fully saturated rings. The van der Waals surface area contributed by atoms with Gasteiger partial charge in [0.25, 0.3) is 5.91 Å². The molecule has 1 aliphatic heterocycles. The number of benzene rings is 1. The van der Waals surface area contributed by atoms with Crippen molar-refractivity contribution in [3.8, 4) is 16.3 Å². The van der Waals surface area contributed by atoms with E-state index in [4.69, 9.17) is 4.74 Å². The van der Waals surface area contributed by atoms with Crippen molar-refractivity contribution < 1.29 is 18.3 Å². The van der Waals surface area contributed by atoms with Crippen molar-refractivity contribution in [2.45, 2.75) is 6.42 Å². The fourth-order valence-corrected chi connectivity index (χ4v) is 3.67. The Hall–Kier alpha value is -2.91. The van der Waals surface area contributed by atoms with E-state index in [1.165, 1.54) is 30.5 Å². The van der Waals surface area contributed by atoms with Crippen molar-refractivity contribution in [2.24, 2.45) is 5.92 Å². The van der Waals surface area contributed by atoms with E-state index < -0.39 is 17.5 Å². The van der Waals surface area contributed by atoms with Gasteiger partial charge in [-0.2, -0.15) is 4.37 Å². The second-order valence-corrected chi connectivity index (χ2v) is 7.42. The second-order valence-electron chi connectivity index (χ2n) is 6.66. The Morgan fingerprint density at radius 2 is 2.03 bits per heavy atom. The highest BCUT2D eigenvalue weighted by atomic mass is 32.1. The molecule has 3 heterocycles. The van der Waals surface area contributed by atoms with E-state index in [0.717, 1.165) is 43.2 Å². The number of pyridine rings is 1. The van der Waals surface area contributed by atoms with Crippen LogP contribution in [0, 0.1) is 17.6 Å². The Morgan fingerprint density at radius 1 is 1.24 bits per heavy atom. The van der Waals surface area contributed by atoms with E-state index in [2.05, 4.69) is 20.0 Å². The van der Waals surface area contributed by atoms with Crippen LogP contribution in [0.3, 0.4) is 0 Å². The molecule has 1 saturated heterocycles. The number of nitrogens with one attached hydrogen (secondary N) is 2. The first-order valence-corrected chi connectivity index (χ1v) is 9.90. The molecule has 0 bridgehead atoms. The van der Waals surface area contributed by atoms with E-state index in [0.29, 0.717) is 23.3 Å². The van der Waals surface area contributed by atoms with Crippen LogP contribution in [0.1, 0.15) is 16.9 Å². The van der Waals surface area contributed by atoms with Gasteiger partial charge in [-0.3, -0.25) is 4.79 Å². The fraction of sp³-hybridized carbons (Fsp3) is 0.250. The van der Waals surface area contributed by atoms with Crippen LogP contribution in [-0.2, 0) is 0 Å². The van der Waals surface area contributed by atoms with E-state index in [9.17, 15) is 13.6 Å². The summed E-state index contributed by atoms with van der Waals surface area (Å²) >= 11 is 1.15. The molecule has 150 valence electrons. The molecule has 0 saturated carbocycles. The molecule has 6 nitrogen and oxygen atoms in total. The van der Waals surface area contributed by atoms with Crippen molar-refractivity contribution in [2.75, 3.05) is 25.0 Å². The van der Waals surface area contributed by atoms with Crippen LogP contribution in [0.15, 0.2) is 42.6 Å². The SMILES string of the molecule is O=C(Nc1cnsc1OCC1CCNC1)c1cccc(-c2c(F)cccc2F)n1. The molecule has 9 heteroatoms. The van der Waals surface area contributed by atoms with Gasteiger partial charge in [0.15, 0.2) is 0 Å². The number of hydrogen-bond acceptors (Lipinski definition) is 6. The third kappa shape index (κ3) is 4.41. The molecular weight excluding hydrogens is 398 g/mol. The lowest BCUT2D eigenvalue weighted by molar-refractivity contribution is 0.102. The lowest BCUT2D eigenvalue weighted by atomic mass is 10.1. The predicted octanol–water partition coefficient (Wildman–Crippen LogP) is 3.72. The summed E-state index contributed by atoms with van der Waals surface area (Å²) in [5.41, 5.74) is 0.243. The van der Waals surface area contributed by atoms with Gasteiger partial charge in [0.2, 0.25) is 5.06 Å². The number of hydrogen-bond donors (Lipinski definition) is 2. The van der Waals surface area contributed by atoms with Crippen molar-refractivity contribution >= 4 is 23.1 Å². The lowest BCUT2D eigenvalue weighted by Crippen LogP contribution is -2.17. The van der Waals surface area contributed by atoms with Crippen LogP contribution in [0.5, 0.6) is 5.06 Å². The molecule has 29 heavy (non-hydrogen) atoms. The second kappa shape index (κ2) is 8.62. The van der Waals surface area contributed by atoms with Crippen LogP contribution in [-0.4, -0.2) is 35.0 Å². The first-order chi connectivity index (χ1) is 14.1. The summed E-state index contributed by atoms with van der Waals surface area (Å²) in [6, 6.07) is 8.02. The van der Waals surface area contributed by atoms with Crippen molar-refractivity contribution in [3.63, 3.8) is 0 Å². The van der Waals surface area contributed by atoms with Gasteiger partial charge in [0, 0.05) is 24.0 Å². The van der Waals surface area contributed by atoms with Crippen LogP contribution < -0.4 is 15.4 Å². The summed E-state index contributed by atoms with van der Waals surface area (Å²) in [5, 5.41) is 6.50.